The summed E-state index contributed by atoms with van der Waals surface area (Å²) in [7, 11) is 0. The Hall–Kier alpha value is -2.09. The minimum absolute atomic E-state index is 0.788. The first kappa shape index (κ1) is 18.9. The van der Waals surface area contributed by atoms with Crippen LogP contribution in [0.5, 0.6) is 0 Å². The fraction of sp³-hybridized carbons (Fsp3) is 0.500. The summed E-state index contributed by atoms with van der Waals surface area (Å²) in [6.07, 6.45) is 7.63. The lowest BCUT2D eigenvalue weighted by Gasteiger charge is -2.25. The summed E-state index contributed by atoms with van der Waals surface area (Å²) in [4.78, 5) is 19.4. The molecule has 6 nitrogen and oxygen atoms in total. The molecule has 4 heterocycles. The Labute approximate surface area is 175 Å². The highest BCUT2D eigenvalue weighted by molar-refractivity contribution is 7.19. The van der Waals surface area contributed by atoms with Crippen molar-refractivity contribution in [2.75, 3.05) is 38.2 Å². The van der Waals surface area contributed by atoms with Crippen molar-refractivity contribution in [1.29, 1.82) is 0 Å². The number of morpholine rings is 1. The van der Waals surface area contributed by atoms with Gasteiger partial charge >= 0.3 is 0 Å². The zero-order valence-corrected chi connectivity index (χ0v) is 17.5. The van der Waals surface area contributed by atoms with Crippen molar-refractivity contribution in [2.24, 2.45) is 0 Å². The normalized spacial score (nSPS) is 17.4. The molecule has 1 N–H and O–H groups in total. The van der Waals surface area contributed by atoms with Crippen LogP contribution in [0.4, 0.5) is 5.82 Å². The standard InChI is InChI=1S/C22H27N5OS/c1-2-7-18-17(6-1)20-21(24-10-8-16-5-3-4-9-23-16)25-19(26-22(20)29-18)15-27-11-13-28-14-12-27/h3-5,9H,1-2,6-8,10-15H2,(H,24,25,26). The summed E-state index contributed by atoms with van der Waals surface area (Å²) in [5, 5.41) is 4.88. The summed E-state index contributed by atoms with van der Waals surface area (Å²) in [5.74, 6) is 1.92. The highest BCUT2D eigenvalue weighted by Crippen LogP contribution is 2.38. The molecule has 0 bridgehead atoms. The fourth-order valence-corrected chi connectivity index (χ4v) is 5.49. The quantitative estimate of drug-likeness (QED) is 0.673. The van der Waals surface area contributed by atoms with Gasteiger partial charge in [0, 0.05) is 42.8 Å². The lowest BCUT2D eigenvalue weighted by Crippen LogP contribution is -2.36. The molecular formula is C22H27N5OS. The third kappa shape index (κ3) is 4.27. The topological polar surface area (TPSA) is 63.2 Å². The molecule has 0 saturated carbocycles. The molecule has 3 aromatic heterocycles. The fourth-order valence-electron chi connectivity index (χ4n) is 4.21. The maximum absolute atomic E-state index is 5.48. The van der Waals surface area contributed by atoms with Crippen molar-refractivity contribution in [2.45, 2.75) is 38.6 Å². The molecule has 0 amide bonds. The summed E-state index contributed by atoms with van der Waals surface area (Å²) in [5.41, 5.74) is 2.58. The SMILES string of the molecule is c1ccc(CCNc2nc(CN3CCOCC3)nc3sc4c(c23)CCCC4)nc1. The van der Waals surface area contributed by atoms with E-state index in [9.17, 15) is 0 Å². The van der Waals surface area contributed by atoms with Gasteiger partial charge in [-0.2, -0.15) is 0 Å². The molecule has 5 rings (SSSR count). The molecule has 1 aliphatic carbocycles. The molecule has 3 aromatic rings. The number of anilines is 1. The molecule has 7 heteroatoms. The number of hydrogen-bond donors (Lipinski definition) is 1. The lowest BCUT2D eigenvalue weighted by molar-refractivity contribution is 0.0331. The van der Waals surface area contributed by atoms with Crippen LogP contribution in [0, 0.1) is 0 Å². The van der Waals surface area contributed by atoms with Crippen LogP contribution in [-0.2, 0) is 30.5 Å². The smallest absolute Gasteiger partial charge is 0.146 e. The van der Waals surface area contributed by atoms with Crippen LogP contribution in [0.15, 0.2) is 24.4 Å². The highest BCUT2D eigenvalue weighted by atomic mass is 32.1. The van der Waals surface area contributed by atoms with E-state index in [0.29, 0.717) is 0 Å². The number of nitrogens with one attached hydrogen (secondary N) is 1. The number of nitrogens with zero attached hydrogens (tertiary/aromatic N) is 4. The van der Waals surface area contributed by atoms with Crippen molar-refractivity contribution in [3.05, 3.63) is 46.4 Å². The minimum Gasteiger partial charge on any atom is -0.379 e. The van der Waals surface area contributed by atoms with Crippen LogP contribution in [0.1, 0.15) is 34.8 Å². The predicted octanol–water partition coefficient (Wildman–Crippen LogP) is 3.45. The van der Waals surface area contributed by atoms with Crippen molar-refractivity contribution >= 4 is 27.4 Å². The minimum atomic E-state index is 0.788. The number of aromatic nitrogens is 3. The number of thiophene rings is 1. The number of hydrogen-bond acceptors (Lipinski definition) is 7. The van der Waals surface area contributed by atoms with Crippen molar-refractivity contribution in [1.82, 2.24) is 19.9 Å². The van der Waals surface area contributed by atoms with Gasteiger partial charge in [0.25, 0.3) is 0 Å². The van der Waals surface area contributed by atoms with E-state index in [2.05, 4.69) is 21.3 Å². The van der Waals surface area contributed by atoms with Crippen molar-refractivity contribution < 1.29 is 4.74 Å². The van der Waals surface area contributed by atoms with Gasteiger partial charge in [-0.05, 0) is 43.4 Å². The van der Waals surface area contributed by atoms with Gasteiger partial charge in [0.1, 0.15) is 16.5 Å². The predicted molar refractivity (Wildman–Crippen MR) is 117 cm³/mol. The van der Waals surface area contributed by atoms with E-state index in [1.54, 1.807) is 0 Å². The Kier molecular flexibility index (Phi) is 5.69. The second-order valence-electron chi connectivity index (χ2n) is 7.77. The van der Waals surface area contributed by atoms with E-state index < -0.39 is 0 Å². The van der Waals surface area contributed by atoms with Crippen molar-refractivity contribution in [3.63, 3.8) is 0 Å². The van der Waals surface area contributed by atoms with Gasteiger partial charge in [0.05, 0.1) is 25.1 Å². The van der Waals surface area contributed by atoms with E-state index in [-0.39, 0.29) is 0 Å². The molecule has 29 heavy (non-hydrogen) atoms. The molecule has 0 radical (unpaired) electrons. The van der Waals surface area contributed by atoms with Gasteiger partial charge in [-0.3, -0.25) is 9.88 Å². The number of ether oxygens (including phenoxy) is 1. The van der Waals surface area contributed by atoms with Crippen molar-refractivity contribution in [3.8, 4) is 0 Å². The summed E-state index contributed by atoms with van der Waals surface area (Å²) in [6, 6.07) is 6.08. The second kappa shape index (κ2) is 8.73. The van der Waals surface area contributed by atoms with Gasteiger partial charge in [-0.1, -0.05) is 6.07 Å². The zero-order valence-electron chi connectivity index (χ0n) is 16.7. The monoisotopic (exact) mass is 409 g/mol. The summed E-state index contributed by atoms with van der Waals surface area (Å²) in [6.45, 7) is 5.10. The Balaban J connectivity index is 1.42. The van der Waals surface area contributed by atoms with Crippen LogP contribution < -0.4 is 5.32 Å². The van der Waals surface area contributed by atoms with Crippen LogP contribution in [0.2, 0.25) is 0 Å². The molecule has 0 unspecified atom stereocenters. The highest BCUT2D eigenvalue weighted by Gasteiger charge is 2.22. The number of rotatable bonds is 6. The Morgan fingerprint density at radius 2 is 2.00 bits per heavy atom. The summed E-state index contributed by atoms with van der Waals surface area (Å²) < 4.78 is 5.48. The van der Waals surface area contributed by atoms with E-state index >= 15 is 0 Å². The third-order valence-electron chi connectivity index (χ3n) is 5.73. The van der Waals surface area contributed by atoms with E-state index in [1.807, 2.05) is 29.7 Å². The van der Waals surface area contributed by atoms with E-state index in [0.717, 1.165) is 74.4 Å². The third-order valence-corrected chi connectivity index (χ3v) is 6.92. The van der Waals surface area contributed by atoms with E-state index in [4.69, 9.17) is 14.7 Å². The van der Waals surface area contributed by atoms with Gasteiger partial charge in [0.15, 0.2) is 0 Å². The zero-order chi connectivity index (χ0) is 19.5. The number of aryl methyl sites for hydroxylation is 2. The maximum atomic E-state index is 5.48. The average molecular weight is 410 g/mol. The largest absolute Gasteiger partial charge is 0.379 e. The molecular weight excluding hydrogens is 382 g/mol. The lowest BCUT2D eigenvalue weighted by atomic mass is 9.97. The van der Waals surface area contributed by atoms with Crippen LogP contribution >= 0.6 is 11.3 Å². The maximum Gasteiger partial charge on any atom is 0.146 e. The Morgan fingerprint density at radius 1 is 1.10 bits per heavy atom. The second-order valence-corrected chi connectivity index (χ2v) is 8.85. The van der Waals surface area contributed by atoms with Gasteiger partial charge in [0.2, 0.25) is 0 Å². The Bertz CT molecular complexity index is 968. The molecule has 0 atom stereocenters. The molecule has 2 aliphatic rings. The van der Waals surface area contributed by atoms with E-state index in [1.165, 1.54) is 35.1 Å². The van der Waals surface area contributed by atoms with Gasteiger partial charge in [-0.15, -0.1) is 11.3 Å². The van der Waals surface area contributed by atoms with Gasteiger partial charge in [-0.25, -0.2) is 9.97 Å². The van der Waals surface area contributed by atoms with Crippen LogP contribution in [-0.4, -0.2) is 52.7 Å². The first-order valence-corrected chi connectivity index (χ1v) is 11.4. The summed E-state index contributed by atoms with van der Waals surface area (Å²) >= 11 is 1.87. The number of fused-ring (bicyclic) bond motifs is 3. The number of pyridine rings is 1. The first-order chi connectivity index (χ1) is 14.4. The first-order valence-electron chi connectivity index (χ1n) is 10.6. The molecule has 1 aliphatic heterocycles. The van der Waals surface area contributed by atoms with Crippen LogP contribution in [0.3, 0.4) is 0 Å². The average Bonchev–Trinajstić information content (AvgIpc) is 3.14. The van der Waals surface area contributed by atoms with Crippen LogP contribution in [0.25, 0.3) is 10.2 Å². The molecule has 0 aromatic carbocycles. The molecule has 1 fully saturated rings. The molecule has 1 saturated heterocycles. The molecule has 0 spiro atoms. The Morgan fingerprint density at radius 3 is 2.86 bits per heavy atom. The van der Waals surface area contributed by atoms with Gasteiger partial charge < -0.3 is 10.1 Å². The molecule has 152 valence electrons.